The van der Waals surface area contributed by atoms with Crippen LogP contribution in [0.5, 0.6) is 0 Å². The zero-order valence-corrected chi connectivity index (χ0v) is 16.0. The summed E-state index contributed by atoms with van der Waals surface area (Å²) in [6.45, 7) is 4.39. The predicted octanol–water partition coefficient (Wildman–Crippen LogP) is 3.39. The van der Waals surface area contributed by atoms with E-state index in [-0.39, 0.29) is 11.8 Å². The maximum absolute atomic E-state index is 12.6. The summed E-state index contributed by atoms with van der Waals surface area (Å²) < 4.78 is 0. The predicted molar refractivity (Wildman–Crippen MR) is 104 cm³/mol. The van der Waals surface area contributed by atoms with Crippen LogP contribution >= 0.6 is 11.6 Å². The summed E-state index contributed by atoms with van der Waals surface area (Å²) in [5.74, 6) is 0.520. The molecule has 1 aromatic carbocycles. The minimum Gasteiger partial charge on any atom is -0.342 e. The van der Waals surface area contributed by atoms with Crippen molar-refractivity contribution in [1.29, 1.82) is 0 Å². The molecule has 2 saturated heterocycles. The first-order valence-electron chi connectivity index (χ1n) is 9.68. The number of likely N-dealkylation sites (tertiary alicyclic amines) is 2. The standard InChI is InChI=1S/C20H28ClN3O2/c21-17-5-4-6-18(15-17)22-19(25)9-14-23-12-7-16(8-13-23)20(26)24-10-2-1-3-11-24/h4-6,15-16H,1-3,7-14H2,(H,22,25). The van der Waals surface area contributed by atoms with Gasteiger partial charge in [-0.1, -0.05) is 17.7 Å². The smallest absolute Gasteiger partial charge is 0.225 e. The van der Waals surface area contributed by atoms with Gasteiger partial charge in [0, 0.05) is 42.7 Å². The summed E-state index contributed by atoms with van der Waals surface area (Å²) in [7, 11) is 0. The topological polar surface area (TPSA) is 52.7 Å². The van der Waals surface area contributed by atoms with E-state index in [1.807, 2.05) is 12.1 Å². The van der Waals surface area contributed by atoms with Gasteiger partial charge in [0.1, 0.15) is 0 Å². The first-order valence-corrected chi connectivity index (χ1v) is 10.1. The van der Waals surface area contributed by atoms with E-state index in [4.69, 9.17) is 11.6 Å². The fraction of sp³-hybridized carbons (Fsp3) is 0.600. The van der Waals surface area contributed by atoms with Crippen LogP contribution in [0.25, 0.3) is 0 Å². The fourth-order valence-corrected chi connectivity index (χ4v) is 4.02. The molecule has 6 heteroatoms. The largest absolute Gasteiger partial charge is 0.342 e. The van der Waals surface area contributed by atoms with E-state index in [9.17, 15) is 9.59 Å². The van der Waals surface area contributed by atoms with Crippen LogP contribution in [0.15, 0.2) is 24.3 Å². The highest BCUT2D eigenvalue weighted by Gasteiger charge is 2.29. The summed E-state index contributed by atoms with van der Waals surface area (Å²) in [5, 5.41) is 3.50. The van der Waals surface area contributed by atoms with Crippen molar-refractivity contribution >= 4 is 29.1 Å². The average molecular weight is 378 g/mol. The average Bonchev–Trinajstić information content (AvgIpc) is 2.67. The molecule has 2 amide bonds. The molecule has 0 aromatic heterocycles. The lowest BCUT2D eigenvalue weighted by molar-refractivity contribution is -0.138. The van der Waals surface area contributed by atoms with Crippen LogP contribution in [-0.2, 0) is 9.59 Å². The van der Waals surface area contributed by atoms with Gasteiger partial charge < -0.3 is 15.1 Å². The maximum Gasteiger partial charge on any atom is 0.225 e. The lowest BCUT2D eigenvalue weighted by Crippen LogP contribution is -2.44. The molecule has 2 fully saturated rings. The van der Waals surface area contributed by atoms with E-state index < -0.39 is 0 Å². The van der Waals surface area contributed by atoms with Crippen LogP contribution in [-0.4, -0.2) is 54.3 Å². The second-order valence-electron chi connectivity index (χ2n) is 7.31. The molecule has 2 aliphatic rings. The van der Waals surface area contributed by atoms with E-state index in [1.165, 1.54) is 6.42 Å². The van der Waals surface area contributed by atoms with Gasteiger partial charge in [0.25, 0.3) is 0 Å². The van der Waals surface area contributed by atoms with Crippen LogP contribution in [0.2, 0.25) is 5.02 Å². The number of nitrogens with one attached hydrogen (secondary N) is 1. The Kier molecular flexibility index (Phi) is 6.92. The van der Waals surface area contributed by atoms with Crippen LogP contribution in [0, 0.1) is 5.92 Å². The van der Waals surface area contributed by atoms with Gasteiger partial charge in [-0.25, -0.2) is 0 Å². The zero-order chi connectivity index (χ0) is 18.4. The van der Waals surface area contributed by atoms with Crippen molar-refractivity contribution < 1.29 is 9.59 Å². The lowest BCUT2D eigenvalue weighted by atomic mass is 9.94. The van der Waals surface area contributed by atoms with Crippen LogP contribution in [0.4, 0.5) is 5.69 Å². The molecule has 0 radical (unpaired) electrons. The minimum absolute atomic E-state index is 0.00113. The molecule has 0 unspecified atom stereocenters. The highest BCUT2D eigenvalue weighted by atomic mass is 35.5. The highest BCUT2D eigenvalue weighted by molar-refractivity contribution is 6.30. The maximum atomic E-state index is 12.6. The minimum atomic E-state index is -0.00113. The van der Waals surface area contributed by atoms with Crippen LogP contribution in [0.3, 0.4) is 0 Å². The number of piperidine rings is 2. The van der Waals surface area contributed by atoms with Crippen molar-refractivity contribution in [1.82, 2.24) is 9.80 Å². The lowest BCUT2D eigenvalue weighted by Gasteiger charge is -2.35. The number of nitrogens with zero attached hydrogens (tertiary/aromatic N) is 2. The molecular weight excluding hydrogens is 350 g/mol. The Bertz CT molecular complexity index is 623. The van der Waals surface area contributed by atoms with Gasteiger partial charge in [-0.15, -0.1) is 0 Å². The van der Waals surface area contributed by atoms with Gasteiger partial charge in [-0.2, -0.15) is 0 Å². The normalized spacial score (nSPS) is 19.3. The zero-order valence-electron chi connectivity index (χ0n) is 15.3. The Labute approximate surface area is 160 Å². The first-order chi connectivity index (χ1) is 12.6. The number of rotatable bonds is 5. The van der Waals surface area contributed by atoms with Crippen molar-refractivity contribution in [2.75, 3.05) is 38.0 Å². The van der Waals surface area contributed by atoms with E-state index in [1.54, 1.807) is 12.1 Å². The molecule has 0 bridgehead atoms. The van der Waals surface area contributed by atoms with Crippen molar-refractivity contribution in [3.63, 3.8) is 0 Å². The molecule has 2 aliphatic heterocycles. The Morgan fingerprint density at radius 3 is 2.50 bits per heavy atom. The molecule has 0 saturated carbocycles. The Morgan fingerprint density at radius 1 is 1.08 bits per heavy atom. The Hall–Kier alpha value is -1.59. The molecule has 1 N–H and O–H groups in total. The third-order valence-corrected chi connectivity index (χ3v) is 5.60. The van der Waals surface area contributed by atoms with Gasteiger partial charge in [0.05, 0.1) is 0 Å². The van der Waals surface area contributed by atoms with E-state index in [0.29, 0.717) is 17.4 Å². The highest BCUT2D eigenvalue weighted by Crippen LogP contribution is 2.22. The molecule has 1 aromatic rings. The third-order valence-electron chi connectivity index (χ3n) is 5.37. The number of halogens is 1. The molecule has 5 nitrogen and oxygen atoms in total. The van der Waals surface area contributed by atoms with E-state index in [2.05, 4.69) is 15.1 Å². The SMILES string of the molecule is O=C(CCN1CCC(C(=O)N2CCCCC2)CC1)Nc1cccc(Cl)c1. The van der Waals surface area contributed by atoms with Crippen molar-refractivity contribution in [3.05, 3.63) is 29.3 Å². The van der Waals surface area contributed by atoms with Gasteiger partial charge in [-0.3, -0.25) is 9.59 Å². The number of carbonyl (C=O) groups is 2. The van der Waals surface area contributed by atoms with E-state index in [0.717, 1.165) is 64.1 Å². The monoisotopic (exact) mass is 377 g/mol. The van der Waals surface area contributed by atoms with Crippen molar-refractivity contribution in [3.8, 4) is 0 Å². The van der Waals surface area contributed by atoms with Gasteiger partial charge in [0.15, 0.2) is 0 Å². The number of hydrogen-bond donors (Lipinski definition) is 1. The fourth-order valence-electron chi connectivity index (χ4n) is 3.83. The number of carbonyl (C=O) groups excluding carboxylic acids is 2. The first kappa shape index (κ1) is 19.2. The van der Waals surface area contributed by atoms with Crippen LogP contribution in [0.1, 0.15) is 38.5 Å². The summed E-state index contributed by atoms with van der Waals surface area (Å²) in [6.07, 6.45) is 5.81. The third kappa shape index (κ3) is 5.45. The molecule has 142 valence electrons. The van der Waals surface area contributed by atoms with Crippen molar-refractivity contribution in [2.45, 2.75) is 38.5 Å². The number of hydrogen-bond acceptors (Lipinski definition) is 3. The molecule has 0 spiro atoms. The van der Waals surface area contributed by atoms with Crippen molar-refractivity contribution in [2.24, 2.45) is 5.92 Å². The second kappa shape index (κ2) is 9.38. The second-order valence-corrected chi connectivity index (χ2v) is 7.75. The molecule has 0 atom stereocenters. The van der Waals surface area contributed by atoms with Gasteiger partial charge in [-0.05, 0) is 63.4 Å². The Balaban J connectivity index is 1.37. The van der Waals surface area contributed by atoms with Gasteiger partial charge in [0.2, 0.25) is 11.8 Å². The van der Waals surface area contributed by atoms with Gasteiger partial charge >= 0.3 is 0 Å². The quantitative estimate of drug-likeness (QED) is 0.855. The summed E-state index contributed by atoms with van der Waals surface area (Å²) in [5.41, 5.74) is 0.730. The summed E-state index contributed by atoms with van der Waals surface area (Å²) in [4.78, 5) is 29.0. The molecule has 3 rings (SSSR count). The molecule has 26 heavy (non-hydrogen) atoms. The molecule has 2 heterocycles. The number of amides is 2. The number of benzene rings is 1. The summed E-state index contributed by atoms with van der Waals surface area (Å²) >= 11 is 5.93. The van der Waals surface area contributed by atoms with E-state index >= 15 is 0 Å². The molecular formula is C20H28ClN3O2. The van der Waals surface area contributed by atoms with Crippen LogP contribution < -0.4 is 5.32 Å². The number of anilines is 1. The summed E-state index contributed by atoms with van der Waals surface area (Å²) in [6, 6.07) is 7.19. The Morgan fingerprint density at radius 2 is 1.81 bits per heavy atom. The molecule has 0 aliphatic carbocycles.